The second-order valence-corrected chi connectivity index (χ2v) is 5.05. The van der Waals surface area contributed by atoms with Crippen LogP contribution in [-0.2, 0) is 6.42 Å². The molecule has 2 rings (SSSR count). The summed E-state index contributed by atoms with van der Waals surface area (Å²) in [5, 5.41) is 3.38. The van der Waals surface area contributed by atoms with E-state index in [4.69, 9.17) is 4.74 Å². The molecule has 0 saturated carbocycles. The summed E-state index contributed by atoms with van der Waals surface area (Å²) in [7, 11) is 3.73. The lowest BCUT2D eigenvalue weighted by molar-refractivity contribution is 0.414. The minimum Gasteiger partial charge on any atom is -0.497 e. The fourth-order valence-corrected chi connectivity index (χ4v) is 2.38. The average molecular weight is 231 g/mol. The Hall–Kier alpha value is -1.28. The third-order valence-electron chi connectivity index (χ3n) is 3.66. The Labute approximate surface area is 104 Å². The van der Waals surface area contributed by atoms with Crippen LogP contribution in [0.3, 0.4) is 0 Å². The highest BCUT2D eigenvalue weighted by atomic mass is 16.5. The van der Waals surface area contributed by atoms with Gasteiger partial charge in [0.1, 0.15) is 5.75 Å². The molecule has 1 N–H and O–H groups in total. The van der Waals surface area contributed by atoms with E-state index < -0.39 is 0 Å². The molecule has 0 bridgehead atoms. The van der Waals surface area contributed by atoms with Crippen LogP contribution in [0, 0.1) is 0 Å². The highest BCUT2D eigenvalue weighted by Crippen LogP contribution is 2.35. The van der Waals surface area contributed by atoms with Gasteiger partial charge in [0.25, 0.3) is 0 Å². The first-order valence-electron chi connectivity index (χ1n) is 6.15. The molecule has 0 amide bonds. The Morgan fingerprint density at radius 1 is 1.29 bits per heavy atom. The van der Waals surface area contributed by atoms with Gasteiger partial charge in [-0.25, -0.2) is 0 Å². The summed E-state index contributed by atoms with van der Waals surface area (Å²) in [6.07, 6.45) is 4.57. The lowest BCUT2D eigenvalue weighted by Gasteiger charge is -2.32. The molecule has 92 valence electrons. The second-order valence-electron chi connectivity index (χ2n) is 5.05. The molecule has 0 spiro atoms. The van der Waals surface area contributed by atoms with E-state index in [2.05, 4.69) is 37.4 Å². The lowest BCUT2D eigenvalue weighted by Crippen LogP contribution is -2.38. The number of fused-ring (bicyclic) bond motifs is 1. The van der Waals surface area contributed by atoms with Gasteiger partial charge in [0.05, 0.1) is 7.11 Å². The van der Waals surface area contributed by atoms with E-state index in [0.29, 0.717) is 0 Å². The average Bonchev–Trinajstić information content (AvgIpc) is 2.37. The second kappa shape index (κ2) is 4.53. The van der Waals surface area contributed by atoms with Gasteiger partial charge in [-0.1, -0.05) is 12.1 Å². The minimum atomic E-state index is 0.0176. The van der Waals surface area contributed by atoms with Gasteiger partial charge in [0.2, 0.25) is 0 Å². The quantitative estimate of drug-likeness (QED) is 0.863. The van der Waals surface area contributed by atoms with Crippen molar-refractivity contribution in [3.05, 3.63) is 35.4 Å². The number of benzene rings is 1. The first kappa shape index (κ1) is 12.2. The first-order valence-corrected chi connectivity index (χ1v) is 6.15. The largest absolute Gasteiger partial charge is 0.497 e. The van der Waals surface area contributed by atoms with Crippen molar-refractivity contribution in [2.24, 2.45) is 0 Å². The number of aryl methyl sites for hydroxylation is 1. The molecular formula is C15H21NO. The van der Waals surface area contributed by atoms with Crippen LogP contribution < -0.4 is 10.1 Å². The number of likely N-dealkylation sites (N-methyl/N-ethyl adjacent to an activating group) is 1. The summed E-state index contributed by atoms with van der Waals surface area (Å²) in [5.74, 6) is 0.951. The number of ether oxygens (including phenoxy) is 1. The minimum absolute atomic E-state index is 0.0176. The molecule has 2 heteroatoms. The van der Waals surface area contributed by atoms with Gasteiger partial charge in [0.15, 0.2) is 0 Å². The van der Waals surface area contributed by atoms with Crippen LogP contribution in [0.15, 0.2) is 24.3 Å². The topological polar surface area (TPSA) is 21.3 Å². The Balaban J connectivity index is 2.45. The van der Waals surface area contributed by atoms with Crippen LogP contribution in [0.4, 0.5) is 0 Å². The van der Waals surface area contributed by atoms with Crippen LogP contribution in [0.5, 0.6) is 5.75 Å². The van der Waals surface area contributed by atoms with E-state index in [1.54, 1.807) is 7.11 Å². The number of rotatable bonds is 3. The molecule has 17 heavy (non-hydrogen) atoms. The van der Waals surface area contributed by atoms with Crippen molar-refractivity contribution in [3.8, 4) is 5.75 Å². The van der Waals surface area contributed by atoms with Gasteiger partial charge in [-0.3, -0.25) is 0 Å². The maximum atomic E-state index is 5.29. The Morgan fingerprint density at radius 2 is 2.06 bits per heavy atom. The van der Waals surface area contributed by atoms with E-state index in [-0.39, 0.29) is 5.54 Å². The van der Waals surface area contributed by atoms with Crippen molar-refractivity contribution in [3.63, 3.8) is 0 Å². The summed E-state index contributed by atoms with van der Waals surface area (Å²) >= 11 is 0. The molecule has 0 saturated heterocycles. The molecule has 1 aliphatic carbocycles. The zero-order valence-corrected chi connectivity index (χ0v) is 11.1. The van der Waals surface area contributed by atoms with Gasteiger partial charge < -0.3 is 10.1 Å². The molecule has 0 radical (unpaired) electrons. The predicted octanol–water partition coefficient (Wildman–Crippen LogP) is 3.02. The molecule has 0 heterocycles. The van der Waals surface area contributed by atoms with E-state index in [0.717, 1.165) is 18.6 Å². The molecule has 0 unspecified atom stereocenters. The van der Waals surface area contributed by atoms with E-state index >= 15 is 0 Å². The Bertz CT molecular complexity index is 446. The summed E-state index contributed by atoms with van der Waals surface area (Å²) in [6.45, 7) is 4.44. The number of nitrogens with one attached hydrogen (secondary N) is 1. The van der Waals surface area contributed by atoms with Crippen LogP contribution in [0.2, 0.25) is 0 Å². The van der Waals surface area contributed by atoms with E-state index in [1.807, 2.05) is 13.1 Å². The normalized spacial score (nSPS) is 15.2. The van der Waals surface area contributed by atoms with Crippen molar-refractivity contribution in [1.82, 2.24) is 5.32 Å². The van der Waals surface area contributed by atoms with Gasteiger partial charge >= 0.3 is 0 Å². The van der Waals surface area contributed by atoms with Crippen LogP contribution in [0.25, 0.3) is 5.57 Å². The van der Waals surface area contributed by atoms with Crippen molar-refractivity contribution in [2.45, 2.75) is 32.2 Å². The zero-order valence-electron chi connectivity index (χ0n) is 11.1. The number of methoxy groups -OCH3 is 1. The SMILES string of the molecule is CNC(C)(C)C1=CCCc2cc(OC)ccc21. The molecule has 2 nitrogen and oxygen atoms in total. The summed E-state index contributed by atoms with van der Waals surface area (Å²) in [6, 6.07) is 6.38. The zero-order chi connectivity index (χ0) is 12.5. The van der Waals surface area contributed by atoms with Crippen molar-refractivity contribution in [2.75, 3.05) is 14.2 Å². The molecule has 0 aliphatic heterocycles. The molecule has 1 aromatic rings. The standard InChI is InChI=1S/C15H21NO/c1-15(2,16-3)14-7-5-6-11-10-12(17-4)8-9-13(11)14/h7-10,16H,5-6H2,1-4H3. The van der Waals surface area contributed by atoms with Crippen LogP contribution >= 0.6 is 0 Å². The van der Waals surface area contributed by atoms with E-state index in [9.17, 15) is 0 Å². The summed E-state index contributed by atoms with van der Waals surface area (Å²) < 4.78 is 5.29. The Morgan fingerprint density at radius 3 is 2.71 bits per heavy atom. The number of allylic oxidation sites excluding steroid dienone is 1. The first-order chi connectivity index (χ1) is 8.08. The molecule has 1 aromatic carbocycles. The molecule has 0 aromatic heterocycles. The summed E-state index contributed by atoms with van der Waals surface area (Å²) in [5.41, 5.74) is 4.16. The van der Waals surface area contributed by atoms with Gasteiger partial charge in [-0.2, -0.15) is 0 Å². The van der Waals surface area contributed by atoms with Crippen molar-refractivity contribution >= 4 is 5.57 Å². The smallest absolute Gasteiger partial charge is 0.119 e. The van der Waals surface area contributed by atoms with Crippen LogP contribution in [0.1, 0.15) is 31.4 Å². The monoisotopic (exact) mass is 231 g/mol. The fraction of sp³-hybridized carbons (Fsp3) is 0.467. The van der Waals surface area contributed by atoms with Crippen molar-refractivity contribution in [1.29, 1.82) is 0 Å². The lowest BCUT2D eigenvalue weighted by atomic mass is 9.81. The van der Waals surface area contributed by atoms with Gasteiger partial charge in [0, 0.05) is 5.54 Å². The molecule has 0 fully saturated rings. The van der Waals surface area contributed by atoms with E-state index in [1.165, 1.54) is 16.7 Å². The maximum Gasteiger partial charge on any atom is 0.119 e. The number of hydrogen-bond acceptors (Lipinski definition) is 2. The summed E-state index contributed by atoms with van der Waals surface area (Å²) in [4.78, 5) is 0. The maximum absolute atomic E-state index is 5.29. The number of hydrogen-bond donors (Lipinski definition) is 1. The van der Waals surface area contributed by atoms with Crippen LogP contribution in [-0.4, -0.2) is 19.7 Å². The highest BCUT2D eigenvalue weighted by molar-refractivity contribution is 5.76. The van der Waals surface area contributed by atoms with Gasteiger partial charge in [-0.15, -0.1) is 0 Å². The molecule has 0 atom stereocenters. The molecule has 1 aliphatic rings. The fourth-order valence-electron chi connectivity index (χ4n) is 2.38. The van der Waals surface area contributed by atoms with Gasteiger partial charge in [-0.05, 0) is 62.6 Å². The predicted molar refractivity (Wildman–Crippen MR) is 72.4 cm³/mol. The third kappa shape index (κ3) is 2.22. The highest BCUT2D eigenvalue weighted by Gasteiger charge is 2.25. The third-order valence-corrected chi connectivity index (χ3v) is 3.66. The molecular weight excluding hydrogens is 210 g/mol. The Kier molecular flexibility index (Phi) is 3.25. The van der Waals surface area contributed by atoms with Crippen molar-refractivity contribution < 1.29 is 4.74 Å².